The van der Waals surface area contributed by atoms with E-state index in [0.717, 1.165) is 38.4 Å². The lowest BCUT2D eigenvalue weighted by Crippen LogP contribution is -2.41. The second-order valence-corrected chi connectivity index (χ2v) is 9.70. The van der Waals surface area contributed by atoms with E-state index in [2.05, 4.69) is 5.92 Å². The Hall–Kier alpha value is -1.36. The van der Waals surface area contributed by atoms with Crippen molar-refractivity contribution in [3.63, 3.8) is 0 Å². The first-order chi connectivity index (χ1) is 10.8. The maximum absolute atomic E-state index is 12.9. The second kappa shape index (κ2) is 7.04. The van der Waals surface area contributed by atoms with E-state index in [1.54, 1.807) is 0 Å². The minimum absolute atomic E-state index is 0.0286. The van der Waals surface area contributed by atoms with Gasteiger partial charge in [0.25, 0.3) is 0 Å². The van der Waals surface area contributed by atoms with Crippen LogP contribution in [-0.4, -0.2) is 40.0 Å². The molecule has 1 aliphatic rings. The smallest absolute Gasteiger partial charge is 0.224 e. The minimum Gasteiger partial charge on any atom is -0.224 e. The van der Waals surface area contributed by atoms with Crippen molar-refractivity contribution < 1.29 is 16.8 Å². The zero-order valence-corrected chi connectivity index (χ0v) is 14.7. The first-order valence-electron chi connectivity index (χ1n) is 7.52. The van der Waals surface area contributed by atoms with Crippen molar-refractivity contribution in [2.24, 2.45) is 0 Å². The molecular formula is C16H21NO4S2. The standard InChI is InChI=1S/C16H21NO4S2/c1-3-13-17(14-7-5-4-6-8-14)23(20,21)16-11-9-15(10-12-16)22(2,18)19/h1,9-12,14H,4-8,13H2,2H3. The van der Waals surface area contributed by atoms with Crippen LogP contribution >= 0.6 is 0 Å². The SMILES string of the molecule is C#CCN(C1CCCCC1)S(=O)(=O)c1ccc(S(C)(=O)=O)cc1. The molecule has 1 aliphatic carbocycles. The van der Waals surface area contributed by atoms with Gasteiger partial charge in [-0.25, -0.2) is 16.8 Å². The van der Waals surface area contributed by atoms with Gasteiger partial charge in [0, 0.05) is 12.3 Å². The lowest BCUT2D eigenvalue weighted by Gasteiger charge is -2.32. The summed E-state index contributed by atoms with van der Waals surface area (Å²) in [4.78, 5) is 0.170. The van der Waals surface area contributed by atoms with Gasteiger partial charge in [0.1, 0.15) is 0 Å². The number of nitrogens with zero attached hydrogens (tertiary/aromatic N) is 1. The summed E-state index contributed by atoms with van der Waals surface area (Å²) in [5, 5.41) is 0. The maximum Gasteiger partial charge on any atom is 0.244 e. The van der Waals surface area contributed by atoms with E-state index >= 15 is 0 Å². The van der Waals surface area contributed by atoms with Crippen LogP contribution in [0.2, 0.25) is 0 Å². The first kappa shape index (κ1) is 18.0. The molecule has 23 heavy (non-hydrogen) atoms. The molecule has 0 saturated heterocycles. The molecule has 1 aromatic carbocycles. The first-order valence-corrected chi connectivity index (χ1v) is 10.9. The number of terminal acetylenes is 1. The summed E-state index contributed by atoms with van der Waals surface area (Å²) in [7, 11) is -7.09. The van der Waals surface area contributed by atoms with Gasteiger partial charge in [0.2, 0.25) is 10.0 Å². The molecule has 0 N–H and O–H groups in total. The maximum atomic E-state index is 12.9. The summed E-state index contributed by atoms with van der Waals surface area (Å²) in [6, 6.07) is 5.21. The van der Waals surface area contributed by atoms with Crippen molar-refractivity contribution in [2.75, 3.05) is 12.8 Å². The minimum atomic E-state index is -3.73. The Morgan fingerprint density at radius 3 is 2.04 bits per heavy atom. The fourth-order valence-corrected chi connectivity index (χ4v) is 5.09. The van der Waals surface area contributed by atoms with Gasteiger partial charge in [-0.15, -0.1) is 6.42 Å². The summed E-state index contributed by atoms with van der Waals surface area (Å²) in [5.74, 6) is 2.43. The van der Waals surface area contributed by atoms with Crippen LogP contribution in [0.5, 0.6) is 0 Å². The number of sulfonamides is 1. The average Bonchev–Trinajstić information content (AvgIpc) is 2.52. The molecule has 5 nitrogen and oxygen atoms in total. The van der Waals surface area contributed by atoms with Crippen LogP contribution in [0.3, 0.4) is 0 Å². The number of sulfone groups is 1. The molecule has 0 aromatic heterocycles. The topological polar surface area (TPSA) is 71.5 Å². The van der Waals surface area contributed by atoms with E-state index in [1.165, 1.54) is 28.6 Å². The van der Waals surface area contributed by atoms with Crippen LogP contribution in [0.4, 0.5) is 0 Å². The molecule has 0 spiro atoms. The van der Waals surface area contributed by atoms with Crippen molar-refractivity contribution in [3.8, 4) is 12.3 Å². The highest BCUT2D eigenvalue weighted by molar-refractivity contribution is 7.90. The number of benzene rings is 1. The molecule has 0 atom stereocenters. The Morgan fingerprint density at radius 2 is 1.57 bits per heavy atom. The van der Waals surface area contributed by atoms with Crippen molar-refractivity contribution in [1.82, 2.24) is 4.31 Å². The van der Waals surface area contributed by atoms with Crippen LogP contribution in [-0.2, 0) is 19.9 Å². The normalized spacial score (nSPS) is 17.1. The van der Waals surface area contributed by atoms with E-state index in [0.29, 0.717) is 0 Å². The second-order valence-electron chi connectivity index (χ2n) is 5.79. The van der Waals surface area contributed by atoms with Gasteiger partial charge in [-0.1, -0.05) is 25.2 Å². The highest BCUT2D eigenvalue weighted by atomic mass is 32.2. The summed E-state index contributed by atoms with van der Waals surface area (Å²) < 4.78 is 50.1. The molecule has 0 aliphatic heterocycles. The summed E-state index contributed by atoms with van der Waals surface area (Å²) in [6.07, 6.45) is 11.2. The van der Waals surface area contributed by atoms with Gasteiger partial charge in [-0.3, -0.25) is 0 Å². The number of hydrogen-bond donors (Lipinski definition) is 0. The largest absolute Gasteiger partial charge is 0.244 e. The van der Waals surface area contributed by atoms with Crippen molar-refractivity contribution in [3.05, 3.63) is 24.3 Å². The van der Waals surface area contributed by atoms with Crippen LogP contribution in [0, 0.1) is 12.3 Å². The Kier molecular flexibility index (Phi) is 5.50. The van der Waals surface area contributed by atoms with E-state index in [1.807, 2.05) is 0 Å². The number of rotatable bonds is 5. The van der Waals surface area contributed by atoms with Gasteiger partial charge in [0.15, 0.2) is 9.84 Å². The summed E-state index contributed by atoms with van der Waals surface area (Å²) >= 11 is 0. The number of hydrogen-bond acceptors (Lipinski definition) is 4. The molecule has 7 heteroatoms. The van der Waals surface area contributed by atoms with Crippen molar-refractivity contribution in [1.29, 1.82) is 0 Å². The van der Waals surface area contributed by atoms with Crippen LogP contribution in [0.1, 0.15) is 32.1 Å². The molecule has 0 amide bonds. The molecule has 0 unspecified atom stereocenters. The molecule has 126 valence electrons. The van der Waals surface area contributed by atoms with E-state index in [9.17, 15) is 16.8 Å². The van der Waals surface area contributed by atoms with Gasteiger partial charge in [-0.05, 0) is 37.1 Å². The van der Waals surface area contributed by atoms with Gasteiger partial charge in [-0.2, -0.15) is 4.31 Å². The molecule has 1 fully saturated rings. The van der Waals surface area contributed by atoms with Crippen molar-refractivity contribution >= 4 is 19.9 Å². The molecule has 2 rings (SSSR count). The third-order valence-corrected chi connectivity index (χ3v) is 7.13. The lowest BCUT2D eigenvalue weighted by molar-refractivity contribution is 0.271. The van der Waals surface area contributed by atoms with Gasteiger partial charge in [0.05, 0.1) is 16.3 Å². The molecule has 0 heterocycles. The molecule has 0 bridgehead atoms. The Labute approximate surface area is 138 Å². The molecule has 1 saturated carbocycles. The van der Waals surface area contributed by atoms with Gasteiger partial charge >= 0.3 is 0 Å². The lowest BCUT2D eigenvalue weighted by atomic mass is 9.95. The highest BCUT2D eigenvalue weighted by Crippen LogP contribution is 2.28. The predicted octanol–water partition coefficient (Wildman–Crippen LogP) is 2.05. The fraction of sp³-hybridized carbons (Fsp3) is 0.500. The highest BCUT2D eigenvalue weighted by Gasteiger charge is 2.31. The summed E-state index contributed by atoms with van der Waals surface area (Å²) in [5.41, 5.74) is 0. The fourth-order valence-electron chi connectivity index (χ4n) is 2.86. The zero-order valence-electron chi connectivity index (χ0n) is 13.1. The Bertz CT molecular complexity index is 783. The third kappa shape index (κ3) is 4.14. The molecular weight excluding hydrogens is 334 g/mol. The quantitative estimate of drug-likeness (QED) is 0.758. The van der Waals surface area contributed by atoms with Crippen LogP contribution < -0.4 is 0 Å². The van der Waals surface area contributed by atoms with Crippen molar-refractivity contribution in [2.45, 2.75) is 47.9 Å². The third-order valence-electron chi connectivity index (χ3n) is 4.09. The average molecular weight is 355 g/mol. The van der Waals surface area contributed by atoms with E-state index in [-0.39, 0.29) is 22.4 Å². The van der Waals surface area contributed by atoms with Crippen LogP contribution in [0.25, 0.3) is 0 Å². The monoisotopic (exact) mass is 355 g/mol. The Balaban J connectivity index is 2.35. The molecule has 0 radical (unpaired) electrons. The van der Waals surface area contributed by atoms with Crippen LogP contribution in [0.15, 0.2) is 34.1 Å². The van der Waals surface area contributed by atoms with E-state index < -0.39 is 19.9 Å². The summed E-state index contributed by atoms with van der Waals surface area (Å²) in [6.45, 7) is 0.0286. The zero-order chi connectivity index (χ0) is 17.1. The molecule has 1 aromatic rings. The Morgan fingerprint density at radius 1 is 1.04 bits per heavy atom. The van der Waals surface area contributed by atoms with E-state index in [4.69, 9.17) is 6.42 Å². The van der Waals surface area contributed by atoms with Gasteiger partial charge < -0.3 is 0 Å². The predicted molar refractivity (Wildman–Crippen MR) is 89.1 cm³/mol.